The van der Waals surface area contributed by atoms with Crippen molar-refractivity contribution in [2.24, 2.45) is 0 Å². The topological polar surface area (TPSA) is 91.4 Å². The number of para-hydroxylation sites is 1. The highest BCUT2D eigenvalue weighted by atomic mass is 16.6. The van der Waals surface area contributed by atoms with Crippen molar-refractivity contribution in [1.82, 2.24) is 0 Å². The number of nitrogens with zero attached hydrogens (tertiary/aromatic N) is 1. The van der Waals surface area contributed by atoms with Gasteiger partial charge in [0, 0.05) is 7.11 Å². The number of fused-ring (bicyclic) bond motifs is 2. The second kappa shape index (κ2) is 9.18. The number of hydrogen-bond acceptors (Lipinski definition) is 7. The molecule has 0 saturated carbocycles. The molecule has 0 saturated heterocycles. The van der Waals surface area contributed by atoms with Gasteiger partial charge in [0.15, 0.2) is 5.75 Å². The van der Waals surface area contributed by atoms with Gasteiger partial charge in [-0.25, -0.2) is 4.79 Å². The first kappa shape index (κ1) is 22.3. The molecule has 3 rings (SSSR count). The summed E-state index contributed by atoms with van der Waals surface area (Å²) >= 11 is 0. The van der Waals surface area contributed by atoms with E-state index >= 15 is 0 Å². The minimum absolute atomic E-state index is 0.0922. The summed E-state index contributed by atoms with van der Waals surface area (Å²) in [5.41, 5.74) is 0.0714. The summed E-state index contributed by atoms with van der Waals surface area (Å²) in [5, 5.41) is 0. The van der Waals surface area contributed by atoms with Crippen molar-refractivity contribution < 1.29 is 33.3 Å². The van der Waals surface area contributed by atoms with Crippen molar-refractivity contribution in [3.63, 3.8) is 0 Å². The molecule has 2 aromatic rings. The number of anilines is 1. The van der Waals surface area contributed by atoms with E-state index in [0.717, 1.165) is 0 Å². The predicted molar refractivity (Wildman–Crippen MR) is 113 cm³/mol. The van der Waals surface area contributed by atoms with Gasteiger partial charge in [-0.3, -0.25) is 14.5 Å². The molecule has 0 fully saturated rings. The Morgan fingerprint density at radius 3 is 2.48 bits per heavy atom. The number of esters is 2. The first-order valence-electron chi connectivity index (χ1n) is 9.80. The molecule has 0 aromatic heterocycles. The molecule has 1 amide bonds. The third-order valence-electron chi connectivity index (χ3n) is 4.30. The SMILES string of the molecule is COCCOC(=O)c1ccc2c(c1)N(CC(=O)OC(C)(C)C)C(=O)c1ccccc1O2. The first-order chi connectivity index (χ1) is 14.7. The van der Waals surface area contributed by atoms with E-state index in [1.54, 1.807) is 51.1 Å². The van der Waals surface area contributed by atoms with Crippen LogP contribution in [0.25, 0.3) is 0 Å². The second-order valence-corrected chi connectivity index (χ2v) is 7.89. The normalized spacial score (nSPS) is 12.9. The number of carbonyl (C=O) groups excluding carboxylic acids is 3. The standard InChI is InChI=1S/C23H25NO7/c1-23(2,3)31-20(25)14-24-17-13-15(22(27)29-12-11-28-4)9-10-19(17)30-18-8-6-5-7-16(18)21(24)26/h5-10,13H,11-12,14H2,1-4H3. The van der Waals surface area contributed by atoms with Crippen molar-refractivity contribution in [2.45, 2.75) is 26.4 Å². The Morgan fingerprint density at radius 2 is 1.77 bits per heavy atom. The van der Waals surface area contributed by atoms with Crippen LogP contribution in [0.3, 0.4) is 0 Å². The molecule has 8 heteroatoms. The Bertz CT molecular complexity index is 994. The molecule has 0 N–H and O–H groups in total. The molecule has 0 spiro atoms. The van der Waals surface area contributed by atoms with Crippen LogP contribution in [0.4, 0.5) is 5.69 Å². The highest BCUT2D eigenvalue weighted by molar-refractivity contribution is 6.12. The van der Waals surface area contributed by atoms with Crippen molar-refractivity contribution in [3.8, 4) is 11.5 Å². The van der Waals surface area contributed by atoms with Gasteiger partial charge in [0.25, 0.3) is 5.91 Å². The van der Waals surface area contributed by atoms with Crippen molar-refractivity contribution >= 4 is 23.5 Å². The van der Waals surface area contributed by atoms with Crippen molar-refractivity contribution in [1.29, 1.82) is 0 Å². The van der Waals surface area contributed by atoms with Gasteiger partial charge in [-0.2, -0.15) is 0 Å². The van der Waals surface area contributed by atoms with E-state index in [1.165, 1.54) is 24.1 Å². The van der Waals surface area contributed by atoms with Gasteiger partial charge in [-0.05, 0) is 51.1 Å². The van der Waals surface area contributed by atoms with Crippen LogP contribution in [0, 0.1) is 0 Å². The zero-order chi connectivity index (χ0) is 22.6. The number of amides is 1. The molecule has 8 nitrogen and oxygen atoms in total. The fourth-order valence-corrected chi connectivity index (χ4v) is 3.01. The largest absolute Gasteiger partial charge is 0.460 e. The molecule has 0 unspecified atom stereocenters. The smallest absolute Gasteiger partial charge is 0.338 e. The first-order valence-corrected chi connectivity index (χ1v) is 9.80. The Balaban J connectivity index is 1.99. The van der Waals surface area contributed by atoms with Crippen molar-refractivity contribution in [2.75, 3.05) is 31.8 Å². The average molecular weight is 427 g/mol. The maximum absolute atomic E-state index is 13.3. The number of carbonyl (C=O) groups is 3. The van der Waals surface area contributed by atoms with E-state index in [0.29, 0.717) is 17.1 Å². The van der Waals surface area contributed by atoms with Crippen LogP contribution >= 0.6 is 0 Å². The molecule has 31 heavy (non-hydrogen) atoms. The average Bonchev–Trinajstić information content (AvgIpc) is 2.81. The summed E-state index contributed by atoms with van der Waals surface area (Å²) in [4.78, 5) is 39.5. The number of hydrogen-bond donors (Lipinski definition) is 0. The van der Waals surface area contributed by atoms with Gasteiger partial charge in [0.1, 0.15) is 24.5 Å². The summed E-state index contributed by atoms with van der Waals surface area (Å²) in [6, 6.07) is 11.3. The van der Waals surface area contributed by atoms with Crippen LogP contribution in [-0.4, -0.2) is 50.3 Å². The Kier molecular flexibility index (Phi) is 6.60. The lowest BCUT2D eigenvalue weighted by Gasteiger charge is -2.25. The Hall–Kier alpha value is -3.39. The van der Waals surface area contributed by atoms with E-state index in [-0.39, 0.29) is 31.0 Å². The van der Waals surface area contributed by atoms with Gasteiger partial charge >= 0.3 is 11.9 Å². The number of methoxy groups -OCH3 is 1. The van der Waals surface area contributed by atoms with Gasteiger partial charge < -0.3 is 18.9 Å². The maximum atomic E-state index is 13.3. The fourth-order valence-electron chi connectivity index (χ4n) is 3.01. The summed E-state index contributed by atoms with van der Waals surface area (Å²) in [6.07, 6.45) is 0. The van der Waals surface area contributed by atoms with E-state index in [4.69, 9.17) is 18.9 Å². The summed E-state index contributed by atoms with van der Waals surface area (Å²) in [6.45, 7) is 5.25. The fraction of sp³-hybridized carbons (Fsp3) is 0.348. The molecule has 0 atom stereocenters. The van der Waals surface area contributed by atoms with E-state index < -0.39 is 23.4 Å². The molecule has 0 aliphatic carbocycles. The Morgan fingerprint density at radius 1 is 1.03 bits per heavy atom. The van der Waals surface area contributed by atoms with Crippen LogP contribution in [0.5, 0.6) is 11.5 Å². The van der Waals surface area contributed by atoms with Crippen LogP contribution in [0.2, 0.25) is 0 Å². The van der Waals surface area contributed by atoms with E-state index in [1.807, 2.05) is 0 Å². The lowest BCUT2D eigenvalue weighted by molar-refractivity contribution is -0.152. The highest BCUT2D eigenvalue weighted by Gasteiger charge is 2.31. The third-order valence-corrected chi connectivity index (χ3v) is 4.30. The molecular formula is C23H25NO7. The second-order valence-electron chi connectivity index (χ2n) is 7.89. The molecule has 0 bridgehead atoms. The van der Waals surface area contributed by atoms with Gasteiger partial charge in [-0.15, -0.1) is 0 Å². The minimum Gasteiger partial charge on any atom is -0.460 e. The van der Waals surface area contributed by atoms with Gasteiger partial charge in [0.05, 0.1) is 23.4 Å². The highest BCUT2D eigenvalue weighted by Crippen LogP contribution is 2.39. The monoisotopic (exact) mass is 427 g/mol. The minimum atomic E-state index is -0.712. The number of benzene rings is 2. The number of ether oxygens (including phenoxy) is 4. The van der Waals surface area contributed by atoms with Gasteiger partial charge in [-0.1, -0.05) is 12.1 Å². The predicted octanol–water partition coefficient (Wildman–Crippen LogP) is 3.58. The van der Waals surface area contributed by atoms with Gasteiger partial charge in [0.2, 0.25) is 0 Å². The lowest BCUT2D eigenvalue weighted by atomic mass is 10.1. The summed E-state index contributed by atoms with van der Waals surface area (Å²) in [7, 11) is 1.51. The van der Waals surface area contributed by atoms with Crippen LogP contribution in [0.1, 0.15) is 41.5 Å². The molecule has 1 heterocycles. The summed E-state index contributed by atoms with van der Waals surface area (Å²) in [5.74, 6) is -0.915. The molecule has 164 valence electrons. The molecule has 1 aliphatic rings. The zero-order valence-electron chi connectivity index (χ0n) is 18.0. The van der Waals surface area contributed by atoms with E-state index in [9.17, 15) is 14.4 Å². The quantitative estimate of drug-likeness (QED) is 0.514. The van der Waals surface area contributed by atoms with Crippen LogP contribution < -0.4 is 9.64 Å². The van der Waals surface area contributed by atoms with Crippen molar-refractivity contribution in [3.05, 3.63) is 53.6 Å². The maximum Gasteiger partial charge on any atom is 0.338 e. The Labute approximate surface area is 180 Å². The third kappa shape index (κ3) is 5.40. The zero-order valence-corrected chi connectivity index (χ0v) is 18.0. The van der Waals surface area contributed by atoms with E-state index in [2.05, 4.69) is 0 Å². The molecule has 0 radical (unpaired) electrons. The number of rotatable bonds is 6. The van der Waals surface area contributed by atoms with Crippen LogP contribution in [0.15, 0.2) is 42.5 Å². The molecular weight excluding hydrogens is 402 g/mol. The van der Waals surface area contributed by atoms with Crippen LogP contribution in [-0.2, 0) is 19.0 Å². The molecule has 1 aliphatic heterocycles. The lowest BCUT2D eigenvalue weighted by Crippen LogP contribution is -2.38. The summed E-state index contributed by atoms with van der Waals surface area (Å²) < 4.78 is 21.4. The molecule has 2 aromatic carbocycles.